The lowest BCUT2D eigenvalue weighted by atomic mass is 10.2. The van der Waals surface area contributed by atoms with Crippen LogP contribution in [0.4, 0.5) is 23.1 Å². The molecule has 13 heteroatoms. The molecule has 0 atom stereocenters. The monoisotopic (exact) mass is 581 g/mol. The highest BCUT2D eigenvalue weighted by Gasteiger charge is 2.28. The summed E-state index contributed by atoms with van der Waals surface area (Å²) in [5.74, 6) is 8.53. The van der Waals surface area contributed by atoms with E-state index in [1.807, 2.05) is 18.2 Å². The molecule has 43 heavy (non-hydrogen) atoms. The van der Waals surface area contributed by atoms with Crippen LogP contribution in [-0.2, 0) is 11.3 Å². The number of rotatable bonds is 4. The maximum Gasteiger partial charge on any atom is 0.279 e. The van der Waals surface area contributed by atoms with Crippen molar-refractivity contribution in [3.05, 3.63) is 46.9 Å². The minimum absolute atomic E-state index is 0.0407. The van der Waals surface area contributed by atoms with Crippen LogP contribution in [0.25, 0.3) is 16.9 Å². The van der Waals surface area contributed by atoms with E-state index in [1.165, 1.54) is 10.9 Å². The Kier molecular flexibility index (Phi) is 6.83. The van der Waals surface area contributed by atoms with Gasteiger partial charge in [0.15, 0.2) is 29.6 Å². The van der Waals surface area contributed by atoms with Gasteiger partial charge in [0.1, 0.15) is 17.7 Å². The van der Waals surface area contributed by atoms with Crippen molar-refractivity contribution in [2.75, 3.05) is 68.6 Å². The van der Waals surface area contributed by atoms with E-state index in [2.05, 4.69) is 39.0 Å². The average Bonchev–Trinajstić information content (AvgIpc) is 3.29. The molecule has 0 radical (unpaired) electrons. The number of carbonyl (C=O) groups is 1. The first kappa shape index (κ1) is 26.8. The number of amides is 1. The van der Waals surface area contributed by atoms with Crippen molar-refractivity contribution in [2.45, 2.75) is 19.4 Å². The van der Waals surface area contributed by atoms with Gasteiger partial charge >= 0.3 is 0 Å². The van der Waals surface area contributed by atoms with Gasteiger partial charge in [-0.1, -0.05) is 5.92 Å². The number of ether oxygens (including phenoxy) is 2. The van der Waals surface area contributed by atoms with E-state index in [1.54, 1.807) is 28.8 Å². The Morgan fingerprint density at radius 3 is 2.72 bits per heavy atom. The molecule has 1 N–H and O–H groups in total. The van der Waals surface area contributed by atoms with E-state index in [0.29, 0.717) is 53.8 Å². The quantitative estimate of drug-likeness (QED) is 0.358. The first-order chi connectivity index (χ1) is 21.0. The van der Waals surface area contributed by atoms with E-state index in [4.69, 9.17) is 19.4 Å². The van der Waals surface area contributed by atoms with Gasteiger partial charge in [-0.2, -0.15) is 4.98 Å². The Morgan fingerprint density at radius 1 is 1.02 bits per heavy atom. The predicted molar refractivity (Wildman–Crippen MR) is 162 cm³/mol. The van der Waals surface area contributed by atoms with Gasteiger partial charge in [0.05, 0.1) is 12.8 Å². The number of piperazine rings is 1. The van der Waals surface area contributed by atoms with Crippen LogP contribution in [0.15, 0.2) is 41.3 Å². The Morgan fingerprint density at radius 2 is 1.88 bits per heavy atom. The number of nitrogens with one attached hydrogen (secondary N) is 1. The van der Waals surface area contributed by atoms with Gasteiger partial charge in [0.2, 0.25) is 5.95 Å². The fourth-order valence-corrected chi connectivity index (χ4v) is 5.62. The number of pyridine rings is 1. The van der Waals surface area contributed by atoms with Crippen LogP contribution in [0, 0.1) is 11.8 Å². The summed E-state index contributed by atoms with van der Waals surface area (Å²) in [7, 11) is 3.80. The summed E-state index contributed by atoms with van der Waals surface area (Å²) in [4.78, 5) is 46.6. The molecule has 220 valence electrons. The van der Waals surface area contributed by atoms with Crippen LogP contribution in [-0.4, -0.2) is 88.6 Å². The Balaban J connectivity index is 1.31. The number of aromatic nitrogens is 5. The number of anilines is 4. The number of fused-ring (bicyclic) bond motifs is 5. The first-order valence-corrected chi connectivity index (χ1v) is 14.3. The lowest BCUT2D eigenvalue weighted by molar-refractivity contribution is -0.121. The maximum atomic E-state index is 13.6. The van der Waals surface area contributed by atoms with E-state index in [0.717, 1.165) is 43.3 Å². The third-order valence-corrected chi connectivity index (χ3v) is 7.94. The van der Waals surface area contributed by atoms with Gasteiger partial charge in [-0.3, -0.25) is 14.5 Å². The number of likely N-dealkylation sites (N-methyl/N-ethyl adjacent to an activating group) is 1. The summed E-state index contributed by atoms with van der Waals surface area (Å²) in [5, 5.41) is 3.64. The molecule has 0 spiro atoms. The molecular formula is C30H31N9O4. The number of hydrogen-bond acceptors (Lipinski definition) is 10. The second-order valence-electron chi connectivity index (χ2n) is 10.7. The van der Waals surface area contributed by atoms with Crippen molar-refractivity contribution in [3.8, 4) is 29.2 Å². The topological polar surface area (TPSA) is 123 Å². The molecular weight excluding hydrogens is 550 g/mol. The molecule has 0 unspecified atom stereocenters. The summed E-state index contributed by atoms with van der Waals surface area (Å²) in [5.41, 5.74) is 1.87. The minimum Gasteiger partial charge on any atom is -0.495 e. The number of carbonyl (C=O) groups excluding carboxylic acids is 1. The summed E-state index contributed by atoms with van der Waals surface area (Å²) < 4.78 is 14.5. The number of hydrogen-bond donors (Lipinski definition) is 1. The van der Waals surface area contributed by atoms with E-state index in [9.17, 15) is 9.59 Å². The lowest BCUT2D eigenvalue weighted by Gasteiger charge is -2.34. The number of benzene rings is 1. The van der Waals surface area contributed by atoms with Crippen molar-refractivity contribution < 1.29 is 14.3 Å². The highest BCUT2D eigenvalue weighted by atomic mass is 16.5. The van der Waals surface area contributed by atoms with Crippen molar-refractivity contribution in [2.24, 2.45) is 0 Å². The molecule has 3 aromatic heterocycles. The predicted octanol–water partition coefficient (Wildman–Crippen LogP) is 2.00. The fraction of sp³-hybridized carbons (Fsp3) is 0.367. The van der Waals surface area contributed by atoms with E-state index < -0.39 is 0 Å². The summed E-state index contributed by atoms with van der Waals surface area (Å²) in [6, 6.07) is 9.39. The maximum absolute atomic E-state index is 13.6. The lowest BCUT2D eigenvalue weighted by Crippen LogP contribution is -2.44. The number of nitrogens with zero attached hydrogens (tertiary/aromatic N) is 8. The Hall–Kier alpha value is -5.09. The smallest absolute Gasteiger partial charge is 0.279 e. The zero-order chi connectivity index (χ0) is 29.5. The van der Waals surface area contributed by atoms with Gasteiger partial charge in [0, 0.05) is 51.0 Å². The van der Waals surface area contributed by atoms with Crippen molar-refractivity contribution in [1.82, 2.24) is 29.2 Å². The molecule has 1 fully saturated rings. The largest absolute Gasteiger partial charge is 0.495 e. The van der Waals surface area contributed by atoms with Crippen LogP contribution in [0.5, 0.6) is 11.5 Å². The zero-order valence-corrected chi connectivity index (χ0v) is 24.0. The average molecular weight is 582 g/mol. The second-order valence-corrected chi connectivity index (χ2v) is 10.7. The molecule has 7 rings (SSSR count). The molecule has 0 saturated carbocycles. The van der Waals surface area contributed by atoms with Gasteiger partial charge < -0.3 is 24.6 Å². The van der Waals surface area contributed by atoms with Crippen LogP contribution < -0.4 is 30.1 Å². The summed E-state index contributed by atoms with van der Waals surface area (Å²) >= 11 is 0. The third kappa shape index (κ3) is 4.89. The SMILES string of the molecule is COc1ccc(Nc2ncc3c(=O)n4n(c3n2)-c2ccc3c(n2)N(CCCC#CC4)C(=O)CO3)cc1N1CCN(C)CC1. The molecule has 0 aliphatic carbocycles. The van der Waals surface area contributed by atoms with Gasteiger partial charge in [-0.15, -0.1) is 5.92 Å². The normalized spacial score (nSPS) is 16.8. The molecule has 6 heterocycles. The number of methoxy groups -OCH3 is 1. The molecule has 1 saturated heterocycles. The Labute approximate surface area is 247 Å². The van der Waals surface area contributed by atoms with E-state index >= 15 is 0 Å². The standard InChI is InChI=1S/C30H31N9O4/c1-35-13-15-36(16-14-35)22-17-20(7-8-23(22)42-2)32-30-31-18-21-27(34-30)39-25-10-9-24-28(33-25)37(26(40)19-43-24)11-5-3-4-6-12-38(39)29(21)41/h7-10,17-18H,3,5,11-16,19H2,1-2H3,(H,31,32,34). The van der Waals surface area contributed by atoms with Gasteiger partial charge in [-0.25, -0.2) is 19.3 Å². The van der Waals surface area contributed by atoms with Crippen molar-refractivity contribution in [1.29, 1.82) is 0 Å². The molecule has 2 bridgehead atoms. The molecule has 1 aromatic carbocycles. The van der Waals surface area contributed by atoms with Crippen molar-refractivity contribution in [3.63, 3.8) is 0 Å². The summed E-state index contributed by atoms with van der Waals surface area (Å²) in [6.07, 6.45) is 2.79. The Bertz CT molecular complexity index is 1850. The molecule has 13 nitrogen and oxygen atoms in total. The zero-order valence-electron chi connectivity index (χ0n) is 24.0. The minimum atomic E-state index is -0.279. The van der Waals surface area contributed by atoms with Crippen LogP contribution >= 0.6 is 0 Å². The highest BCUT2D eigenvalue weighted by Crippen LogP contribution is 2.34. The molecule has 4 aromatic rings. The highest BCUT2D eigenvalue weighted by molar-refractivity contribution is 5.96. The second kappa shape index (κ2) is 11.0. The van der Waals surface area contributed by atoms with Gasteiger partial charge in [-0.05, 0) is 43.8 Å². The summed E-state index contributed by atoms with van der Waals surface area (Å²) in [6.45, 7) is 4.31. The van der Waals surface area contributed by atoms with Crippen LogP contribution in [0.2, 0.25) is 0 Å². The van der Waals surface area contributed by atoms with Crippen LogP contribution in [0.3, 0.4) is 0 Å². The molecule has 3 aliphatic rings. The first-order valence-electron chi connectivity index (χ1n) is 14.3. The van der Waals surface area contributed by atoms with E-state index in [-0.39, 0.29) is 24.6 Å². The molecule has 1 amide bonds. The van der Waals surface area contributed by atoms with Gasteiger partial charge in [0.25, 0.3) is 11.5 Å². The van der Waals surface area contributed by atoms with Crippen LogP contribution in [0.1, 0.15) is 12.8 Å². The van der Waals surface area contributed by atoms with Crippen molar-refractivity contribution >= 4 is 40.1 Å². The fourth-order valence-electron chi connectivity index (χ4n) is 5.62. The third-order valence-electron chi connectivity index (χ3n) is 7.94. The molecule has 3 aliphatic heterocycles.